The highest BCUT2D eigenvalue weighted by molar-refractivity contribution is 7.09. The fraction of sp³-hybridized carbons (Fsp3) is 0.167. The van der Waals surface area contributed by atoms with E-state index in [-0.39, 0.29) is 32.1 Å². The predicted octanol–water partition coefficient (Wildman–Crippen LogP) is 2.78. The van der Waals surface area contributed by atoms with Crippen molar-refractivity contribution in [2.75, 3.05) is 0 Å². The molecule has 0 atom stereocenters. The number of hydrogen-bond donors (Lipinski definition) is 2. The van der Waals surface area contributed by atoms with Crippen molar-refractivity contribution in [3.05, 3.63) is 39.8 Å². The normalized spacial score (nSPS) is 10.4. The number of aromatic hydroxyl groups is 2. The number of aromatic nitrogens is 1. The number of ketones is 1. The van der Waals surface area contributed by atoms with Crippen molar-refractivity contribution in [1.29, 1.82) is 0 Å². The standard InChI is InChI=1S/C12H11NO3S.2H2/c1-7-13-8(6-17-7)4-11(15)10-3-2-9(14)5-12(10)16;;/h2-3,5-6,14,16H,4H2,1H3;2*1H. The van der Waals surface area contributed by atoms with Crippen LogP contribution in [0.25, 0.3) is 0 Å². The van der Waals surface area contributed by atoms with Gasteiger partial charge in [-0.2, -0.15) is 0 Å². The lowest BCUT2D eigenvalue weighted by Gasteiger charge is -2.02. The molecule has 0 aliphatic rings. The summed E-state index contributed by atoms with van der Waals surface area (Å²) in [4.78, 5) is 16.1. The lowest BCUT2D eigenvalue weighted by molar-refractivity contribution is 0.0989. The zero-order valence-corrected chi connectivity index (χ0v) is 9.99. The topological polar surface area (TPSA) is 70.4 Å². The number of phenolic OH excluding ortho intramolecular Hbond substituents is 2. The fourth-order valence-corrected chi connectivity index (χ4v) is 2.12. The highest BCUT2D eigenvalue weighted by Gasteiger charge is 2.13. The SMILES string of the molecule is Cc1nc(CC(=O)c2ccc(O)cc2O)cs1.[HH].[HH]. The highest BCUT2D eigenvalue weighted by Crippen LogP contribution is 2.24. The zero-order chi connectivity index (χ0) is 12.4. The Balaban J connectivity index is 0.00000162. The summed E-state index contributed by atoms with van der Waals surface area (Å²) in [5.41, 5.74) is 0.901. The molecule has 0 amide bonds. The number of Topliss-reactive ketones (excluding diaryl/α,β-unsaturated/α-hetero) is 1. The van der Waals surface area contributed by atoms with Gasteiger partial charge in [-0.25, -0.2) is 4.98 Å². The third-order valence-corrected chi connectivity index (χ3v) is 3.11. The lowest BCUT2D eigenvalue weighted by Crippen LogP contribution is -2.04. The van der Waals surface area contributed by atoms with Crippen molar-refractivity contribution >= 4 is 17.1 Å². The van der Waals surface area contributed by atoms with Crippen molar-refractivity contribution < 1.29 is 17.9 Å². The smallest absolute Gasteiger partial charge is 0.172 e. The molecule has 2 N–H and O–H groups in total. The second kappa shape index (κ2) is 4.55. The third-order valence-electron chi connectivity index (χ3n) is 2.29. The molecule has 0 aliphatic carbocycles. The van der Waals surface area contributed by atoms with Crippen molar-refractivity contribution in [3.8, 4) is 11.5 Å². The predicted molar refractivity (Wildman–Crippen MR) is 68.9 cm³/mol. The van der Waals surface area contributed by atoms with E-state index in [0.29, 0.717) is 5.69 Å². The largest absolute Gasteiger partial charge is 0.508 e. The van der Waals surface area contributed by atoms with Crippen LogP contribution in [0.5, 0.6) is 11.5 Å². The molecular weight excluding hydrogens is 238 g/mol. The number of nitrogens with zero attached hydrogens (tertiary/aromatic N) is 1. The molecule has 17 heavy (non-hydrogen) atoms. The average Bonchev–Trinajstić information content (AvgIpc) is 2.63. The minimum Gasteiger partial charge on any atom is -0.508 e. The van der Waals surface area contributed by atoms with E-state index in [1.54, 1.807) is 0 Å². The number of hydrogen-bond acceptors (Lipinski definition) is 5. The second-order valence-electron chi connectivity index (χ2n) is 3.66. The summed E-state index contributed by atoms with van der Waals surface area (Å²) in [5, 5.41) is 21.4. The molecule has 5 heteroatoms. The molecule has 2 aromatic rings. The van der Waals surface area contributed by atoms with Gasteiger partial charge >= 0.3 is 0 Å². The first-order chi connectivity index (χ1) is 8.06. The van der Waals surface area contributed by atoms with Crippen LogP contribution in [0.4, 0.5) is 0 Å². The quantitative estimate of drug-likeness (QED) is 0.825. The Labute approximate surface area is 105 Å². The van der Waals surface area contributed by atoms with Crippen LogP contribution in [-0.2, 0) is 6.42 Å². The molecule has 0 unspecified atom stereocenters. The Bertz CT molecular complexity index is 572. The van der Waals surface area contributed by atoms with E-state index >= 15 is 0 Å². The van der Waals surface area contributed by atoms with Gasteiger partial charge in [-0.15, -0.1) is 11.3 Å². The zero-order valence-electron chi connectivity index (χ0n) is 9.17. The number of benzene rings is 1. The highest BCUT2D eigenvalue weighted by atomic mass is 32.1. The molecule has 4 nitrogen and oxygen atoms in total. The van der Waals surface area contributed by atoms with Gasteiger partial charge in [-0.05, 0) is 19.1 Å². The van der Waals surface area contributed by atoms with E-state index in [4.69, 9.17) is 5.11 Å². The molecule has 0 spiro atoms. The van der Waals surface area contributed by atoms with Crippen LogP contribution >= 0.6 is 11.3 Å². The monoisotopic (exact) mass is 253 g/mol. The van der Waals surface area contributed by atoms with Crippen LogP contribution in [0.15, 0.2) is 23.6 Å². The molecule has 0 saturated heterocycles. The van der Waals surface area contributed by atoms with Gasteiger partial charge in [-0.1, -0.05) is 0 Å². The summed E-state index contributed by atoms with van der Waals surface area (Å²) in [6, 6.07) is 3.94. The Kier molecular flexibility index (Phi) is 3.10. The molecule has 92 valence electrons. The number of phenols is 2. The van der Waals surface area contributed by atoms with Gasteiger partial charge in [0.2, 0.25) is 0 Å². The molecule has 1 heterocycles. The number of thiazole rings is 1. The number of rotatable bonds is 3. The Morgan fingerprint density at radius 2 is 2.24 bits per heavy atom. The molecule has 0 saturated carbocycles. The molecule has 0 aliphatic heterocycles. The summed E-state index contributed by atoms with van der Waals surface area (Å²) in [6.45, 7) is 1.87. The fourth-order valence-electron chi connectivity index (χ4n) is 1.50. The summed E-state index contributed by atoms with van der Waals surface area (Å²) in [5.74, 6) is -0.488. The maximum absolute atomic E-state index is 11.9. The minimum atomic E-state index is -0.215. The molecule has 0 bridgehead atoms. The number of carbonyl (C=O) groups is 1. The van der Waals surface area contributed by atoms with Crippen LogP contribution in [0.3, 0.4) is 0 Å². The van der Waals surface area contributed by atoms with Gasteiger partial charge in [0, 0.05) is 14.3 Å². The summed E-state index contributed by atoms with van der Waals surface area (Å²) < 4.78 is 0. The number of aryl methyl sites for hydroxylation is 1. The van der Waals surface area contributed by atoms with Crippen molar-refractivity contribution in [2.24, 2.45) is 0 Å². The van der Waals surface area contributed by atoms with Crippen molar-refractivity contribution in [2.45, 2.75) is 13.3 Å². The maximum atomic E-state index is 11.9. The third kappa shape index (κ3) is 2.62. The van der Waals surface area contributed by atoms with Gasteiger partial charge in [0.05, 0.1) is 22.7 Å². The van der Waals surface area contributed by atoms with E-state index in [1.807, 2.05) is 12.3 Å². The lowest BCUT2D eigenvalue weighted by atomic mass is 10.1. The second-order valence-corrected chi connectivity index (χ2v) is 4.72. The Morgan fingerprint density at radius 1 is 1.47 bits per heavy atom. The summed E-state index contributed by atoms with van der Waals surface area (Å²) >= 11 is 1.48. The minimum absolute atomic E-state index is 0. The molecule has 1 aromatic carbocycles. The molecular formula is C12H15NO3S. The first-order valence-electron chi connectivity index (χ1n) is 5.02. The Hall–Kier alpha value is -1.88. The van der Waals surface area contributed by atoms with Gasteiger partial charge in [0.1, 0.15) is 11.5 Å². The van der Waals surface area contributed by atoms with Crippen molar-refractivity contribution in [3.63, 3.8) is 0 Å². The van der Waals surface area contributed by atoms with E-state index in [0.717, 1.165) is 11.1 Å². The van der Waals surface area contributed by atoms with Crippen LogP contribution in [0.1, 0.15) is 23.9 Å². The van der Waals surface area contributed by atoms with Crippen molar-refractivity contribution in [1.82, 2.24) is 4.98 Å². The van der Waals surface area contributed by atoms with Crippen LogP contribution < -0.4 is 0 Å². The molecule has 0 radical (unpaired) electrons. The van der Waals surface area contributed by atoms with E-state index in [1.165, 1.54) is 23.5 Å². The van der Waals surface area contributed by atoms with E-state index in [9.17, 15) is 9.90 Å². The van der Waals surface area contributed by atoms with Gasteiger partial charge in [-0.3, -0.25) is 4.79 Å². The summed E-state index contributed by atoms with van der Waals surface area (Å²) in [6.07, 6.45) is 0.155. The maximum Gasteiger partial charge on any atom is 0.172 e. The van der Waals surface area contributed by atoms with E-state index < -0.39 is 0 Å². The van der Waals surface area contributed by atoms with Crippen LogP contribution in [-0.4, -0.2) is 21.0 Å². The summed E-state index contributed by atoms with van der Waals surface area (Å²) in [7, 11) is 0. The van der Waals surface area contributed by atoms with Gasteiger partial charge < -0.3 is 10.2 Å². The first-order valence-corrected chi connectivity index (χ1v) is 5.90. The van der Waals surface area contributed by atoms with Crippen LogP contribution in [0, 0.1) is 6.92 Å². The van der Waals surface area contributed by atoms with Crippen LogP contribution in [0.2, 0.25) is 0 Å². The average molecular weight is 253 g/mol. The van der Waals surface area contributed by atoms with E-state index in [2.05, 4.69) is 4.98 Å². The number of carbonyl (C=O) groups excluding carboxylic acids is 1. The van der Waals surface area contributed by atoms with Gasteiger partial charge in [0.15, 0.2) is 5.78 Å². The van der Waals surface area contributed by atoms with Gasteiger partial charge in [0.25, 0.3) is 0 Å². The first kappa shape index (κ1) is 11.6. The molecule has 0 fully saturated rings. The Morgan fingerprint density at radius 3 is 2.82 bits per heavy atom. The molecule has 2 rings (SSSR count). The molecule has 1 aromatic heterocycles.